The minimum absolute atomic E-state index is 0.194. The normalized spacial score (nSPS) is 18.2. The molecule has 2 aliphatic rings. The van der Waals surface area contributed by atoms with Gasteiger partial charge in [-0.05, 0) is 68.5 Å². The number of aryl methyl sites for hydroxylation is 1. The Hall–Kier alpha value is -2.45. The van der Waals surface area contributed by atoms with E-state index in [0.717, 1.165) is 64.5 Å². The van der Waals surface area contributed by atoms with Gasteiger partial charge in [0, 0.05) is 37.4 Å². The number of amides is 1. The van der Waals surface area contributed by atoms with Crippen LogP contribution in [0.3, 0.4) is 0 Å². The lowest BCUT2D eigenvalue weighted by Crippen LogP contribution is -2.34. The first-order valence-corrected chi connectivity index (χ1v) is 13.8. The standard InChI is InChI=1S/C26H34FN3O3S/c1-20-10-12-22(19-23(20)27)28-26(31)21-11-13-24(29-14-6-2-3-7-15-29)25(18-21)34(32,33)30-16-8-4-5-9-17-30/h10-13,18-19H,2-9,14-17H2,1H3,(H,28,31). The molecule has 34 heavy (non-hydrogen) atoms. The molecule has 0 aliphatic carbocycles. The zero-order chi connectivity index (χ0) is 24.1. The van der Waals surface area contributed by atoms with Gasteiger partial charge < -0.3 is 10.2 Å². The second kappa shape index (κ2) is 10.9. The lowest BCUT2D eigenvalue weighted by atomic mass is 10.1. The molecular formula is C26H34FN3O3S. The van der Waals surface area contributed by atoms with Crippen LogP contribution in [0.2, 0.25) is 0 Å². The number of rotatable bonds is 5. The lowest BCUT2D eigenvalue weighted by Gasteiger charge is -2.28. The number of halogens is 1. The zero-order valence-electron chi connectivity index (χ0n) is 19.9. The minimum atomic E-state index is -3.77. The highest BCUT2D eigenvalue weighted by Crippen LogP contribution is 2.32. The molecule has 0 atom stereocenters. The summed E-state index contributed by atoms with van der Waals surface area (Å²) in [5, 5.41) is 2.70. The Morgan fingerprint density at radius 1 is 0.853 bits per heavy atom. The number of carbonyl (C=O) groups excluding carboxylic acids is 1. The van der Waals surface area contributed by atoms with Crippen molar-refractivity contribution < 1.29 is 17.6 Å². The summed E-state index contributed by atoms with van der Waals surface area (Å²) in [5.41, 5.74) is 1.74. The molecule has 184 valence electrons. The summed E-state index contributed by atoms with van der Waals surface area (Å²) in [6, 6.07) is 9.44. The second-order valence-corrected chi connectivity index (χ2v) is 11.2. The van der Waals surface area contributed by atoms with E-state index in [2.05, 4.69) is 10.2 Å². The fourth-order valence-electron chi connectivity index (χ4n) is 4.73. The molecule has 6 nitrogen and oxygen atoms in total. The Bertz CT molecular complexity index is 1120. The van der Waals surface area contributed by atoms with Crippen LogP contribution in [0.25, 0.3) is 0 Å². The van der Waals surface area contributed by atoms with Crippen LogP contribution in [0.4, 0.5) is 15.8 Å². The van der Waals surface area contributed by atoms with Crippen molar-refractivity contribution in [3.05, 3.63) is 53.3 Å². The molecule has 2 aromatic rings. The van der Waals surface area contributed by atoms with Crippen LogP contribution in [-0.2, 0) is 10.0 Å². The van der Waals surface area contributed by atoms with Crippen LogP contribution < -0.4 is 10.2 Å². The van der Waals surface area contributed by atoms with E-state index >= 15 is 0 Å². The van der Waals surface area contributed by atoms with Gasteiger partial charge in [-0.25, -0.2) is 12.8 Å². The number of sulfonamides is 1. The van der Waals surface area contributed by atoms with Gasteiger partial charge in [0.1, 0.15) is 10.7 Å². The van der Waals surface area contributed by atoms with Crippen LogP contribution in [0.1, 0.15) is 67.3 Å². The molecule has 1 amide bonds. The molecule has 0 saturated carbocycles. The molecule has 0 aromatic heterocycles. The van der Waals surface area contributed by atoms with Crippen molar-refractivity contribution >= 4 is 27.3 Å². The van der Waals surface area contributed by atoms with Gasteiger partial charge in [0.15, 0.2) is 0 Å². The summed E-state index contributed by atoms with van der Waals surface area (Å²) in [4.78, 5) is 15.3. The van der Waals surface area contributed by atoms with Crippen molar-refractivity contribution in [1.82, 2.24) is 4.31 Å². The quantitative estimate of drug-likeness (QED) is 0.619. The number of benzene rings is 2. The van der Waals surface area contributed by atoms with E-state index in [4.69, 9.17) is 0 Å². The van der Waals surface area contributed by atoms with E-state index in [1.807, 2.05) is 0 Å². The molecular weight excluding hydrogens is 453 g/mol. The van der Waals surface area contributed by atoms with Crippen molar-refractivity contribution in [2.24, 2.45) is 0 Å². The van der Waals surface area contributed by atoms with Gasteiger partial charge in [0.2, 0.25) is 10.0 Å². The van der Waals surface area contributed by atoms with Crippen molar-refractivity contribution in [3.8, 4) is 0 Å². The maximum absolute atomic E-state index is 13.9. The average Bonchev–Trinajstić information content (AvgIpc) is 3.27. The highest BCUT2D eigenvalue weighted by molar-refractivity contribution is 7.89. The fourth-order valence-corrected chi connectivity index (χ4v) is 6.48. The summed E-state index contributed by atoms with van der Waals surface area (Å²) in [5.74, 6) is -0.864. The van der Waals surface area contributed by atoms with Crippen LogP contribution in [-0.4, -0.2) is 44.8 Å². The molecule has 0 unspecified atom stereocenters. The number of hydrogen-bond donors (Lipinski definition) is 1. The Morgan fingerprint density at radius 3 is 2.09 bits per heavy atom. The maximum atomic E-state index is 13.9. The summed E-state index contributed by atoms with van der Waals surface area (Å²) in [7, 11) is -3.77. The third-order valence-corrected chi connectivity index (χ3v) is 8.71. The topological polar surface area (TPSA) is 69.7 Å². The fraction of sp³-hybridized carbons (Fsp3) is 0.500. The Kier molecular flexibility index (Phi) is 7.88. The van der Waals surface area contributed by atoms with Gasteiger partial charge in [-0.3, -0.25) is 4.79 Å². The molecule has 2 saturated heterocycles. The van der Waals surface area contributed by atoms with E-state index in [0.29, 0.717) is 30.0 Å². The molecule has 1 N–H and O–H groups in total. The van der Waals surface area contributed by atoms with Gasteiger partial charge in [-0.15, -0.1) is 0 Å². The largest absolute Gasteiger partial charge is 0.370 e. The van der Waals surface area contributed by atoms with E-state index in [-0.39, 0.29) is 10.5 Å². The summed E-state index contributed by atoms with van der Waals surface area (Å²) in [6.45, 7) is 4.26. The van der Waals surface area contributed by atoms with Gasteiger partial charge in [-0.1, -0.05) is 31.7 Å². The summed E-state index contributed by atoms with van der Waals surface area (Å²) < 4.78 is 43.2. The molecule has 2 heterocycles. The molecule has 0 bridgehead atoms. The van der Waals surface area contributed by atoms with Crippen molar-refractivity contribution in [2.45, 2.75) is 63.2 Å². The summed E-state index contributed by atoms with van der Waals surface area (Å²) >= 11 is 0. The Labute approximate surface area is 202 Å². The molecule has 2 aliphatic heterocycles. The van der Waals surface area contributed by atoms with E-state index in [1.165, 1.54) is 12.1 Å². The molecule has 2 aromatic carbocycles. The predicted octanol–water partition coefficient (Wildman–Crippen LogP) is 5.33. The van der Waals surface area contributed by atoms with Crippen LogP contribution in [0, 0.1) is 12.7 Å². The number of nitrogens with zero attached hydrogens (tertiary/aromatic N) is 2. The van der Waals surface area contributed by atoms with Gasteiger partial charge in [0.05, 0.1) is 5.69 Å². The monoisotopic (exact) mass is 487 g/mol. The van der Waals surface area contributed by atoms with Crippen LogP contribution in [0.15, 0.2) is 41.3 Å². The third kappa shape index (κ3) is 5.61. The highest BCUT2D eigenvalue weighted by atomic mass is 32.2. The first kappa shape index (κ1) is 24.7. The lowest BCUT2D eigenvalue weighted by molar-refractivity contribution is 0.102. The van der Waals surface area contributed by atoms with Crippen LogP contribution >= 0.6 is 0 Å². The Morgan fingerprint density at radius 2 is 1.47 bits per heavy atom. The smallest absolute Gasteiger partial charge is 0.255 e. The zero-order valence-corrected chi connectivity index (χ0v) is 20.7. The molecule has 4 rings (SSSR count). The molecule has 8 heteroatoms. The second-order valence-electron chi connectivity index (χ2n) is 9.32. The van der Waals surface area contributed by atoms with E-state index in [9.17, 15) is 17.6 Å². The average molecular weight is 488 g/mol. The molecule has 0 spiro atoms. The van der Waals surface area contributed by atoms with Crippen molar-refractivity contribution in [3.63, 3.8) is 0 Å². The first-order chi connectivity index (χ1) is 16.4. The highest BCUT2D eigenvalue weighted by Gasteiger charge is 2.30. The first-order valence-electron chi connectivity index (χ1n) is 12.3. The Balaban J connectivity index is 1.70. The minimum Gasteiger partial charge on any atom is -0.370 e. The molecule has 2 fully saturated rings. The number of hydrogen-bond acceptors (Lipinski definition) is 4. The van der Waals surface area contributed by atoms with E-state index < -0.39 is 21.7 Å². The van der Waals surface area contributed by atoms with Crippen LogP contribution in [0.5, 0.6) is 0 Å². The summed E-state index contributed by atoms with van der Waals surface area (Å²) in [6.07, 6.45) is 8.06. The maximum Gasteiger partial charge on any atom is 0.255 e. The number of carbonyl (C=O) groups is 1. The van der Waals surface area contributed by atoms with E-state index in [1.54, 1.807) is 35.5 Å². The third-order valence-electron chi connectivity index (χ3n) is 6.78. The number of nitrogens with one attached hydrogen (secondary N) is 1. The number of anilines is 2. The predicted molar refractivity (Wildman–Crippen MR) is 133 cm³/mol. The van der Waals surface area contributed by atoms with Crippen molar-refractivity contribution in [1.29, 1.82) is 0 Å². The van der Waals surface area contributed by atoms with Crippen molar-refractivity contribution in [2.75, 3.05) is 36.4 Å². The van der Waals surface area contributed by atoms with Gasteiger partial charge >= 0.3 is 0 Å². The van der Waals surface area contributed by atoms with Gasteiger partial charge in [0.25, 0.3) is 5.91 Å². The van der Waals surface area contributed by atoms with Gasteiger partial charge in [-0.2, -0.15) is 4.31 Å². The SMILES string of the molecule is Cc1ccc(NC(=O)c2ccc(N3CCCCCC3)c(S(=O)(=O)N3CCCCCC3)c2)cc1F. The molecule has 0 radical (unpaired) electrons.